The highest BCUT2D eigenvalue weighted by atomic mass is 79.9. The molecule has 1 unspecified atom stereocenters. The van der Waals surface area contributed by atoms with Crippen LogP contribution in [0.5, 0.6) is 0 Å². The molecule has 4 aromatic rings. The highest BCUT2D eigenvalue weighted by Gasteiger charge is 2.26. The maximum absolute atomic E-state index is 12.6. The molecule has 2 aromatic carbocycles. The largest absolute Gasteiger partial charge is 0.369 e. The summed E-state index contributed by atoms with van der Waals surface area (Å²) in [6.45, 7) is 3.72. The third kappa shape index (κ3) is 5.09. The smallest absolute Gasteiger partial charge is 0.229 e. The van der Waals surface area contributed by atoms with Gasteiger partial charge < -0.3 is 10.6 Å². The molecule has 0 spiro atoms. The molecule has 0 radical (unpaired) electrons. The van der Waals surface area contributed by atoms with Gasteiger partial charge in [-0.3, -0.25) is 4.79 Å². The van der Waals surface area contributed by atoms with Crippen LogP contribution in [0.3, 0.4) is 0 Å². The van der Waals surface area contributed by atoms with E-state index in [1.54, 1.807) is 6.20 Å². The van der Waals surface area contributed by atoms with Gasteiger partial charge in [0.15, 0.2) is 0 Å². The van der Waals surface area contributed by atoms with Gasteiger partial charge in [-0.05, 0) is 50.3 Å². The number of anilines is 1. The molecule has 4 rings (SSSR count). The number of H-pyrrole nitrogens is 1. The van der Waals surface area contributed by atoms with Crippen LogP contribution in [0.2, 0.25) is 0 Å². The van der Waals surface area contributed by atoms with Crippen molar-refractivity contribution in [3.8, 4) is 11.4 Å². The highest BCUT2D eigenvalue weighted by molar-refractivity contribution is 9.10. The number of halogens is 1. The number of tetrazole rings is 1. The van der Waals surface area contributed by atoms with Gasteiger partial charge in [0.1, 0.15) is 5.82 Å². The van der Waals surface area contributed by atoms with Gasteiger partial charge in [-0.25, -0.2) is 4.98 Å². The Bertz CT molecular complexity index is 1210. The number of aromatic amines is 1. The quantitative estimate of drug-likeness (QED) is 0.354. The molecule has 2 aromatic heterocycles. The molecule has 1 atom stereocenters. The number of nitrogens with zero attached hydrogens (tertiary/aromatic N) is 5. The molecule has 168 valence electrons. The zero-order chi connectivity index (χ0) is 23.2. The number of nitrogens with two attached hydrogens (primary N) is 1. The van der Waals surface area contributed by atoms with Gasteiger partial charge in [-0.1, -0.05) is 61.5 Å². The van der Waals surface area contributed by atoms with Gasteiger partial charge in [-0.2, -0.15) is 5.21 Å². The second-order valence-electron chi connectivity index (χ2n) is 7.64. The lowest BCUT2D eigenvalue weighted by atomic mass is 9.88. The van der Waals surface area contributed by atoms with Crippen molar-refractivity contribution in [3.63, 3.8) is 0 Å². The van der Waals surface area contributed by atoms with Crippen LogP contribution >= 0.6 is 15.9 Å². The van der Waals surface area contributed by atoms with Crippen molar-refractivity contribution in [2.24, 2.45) is 5.73 Å². The fourth-order valence-corrected chi connectivity index (χ4v) is 4.51. The molecule has 0 aliphatic rings. The topological polar surface area (TPSA) is 114 Å². The molecular formula is C24H24BrN7O. The number of aromatic nitrogens is 5. The van der Waals surface area contributed by atoms with Crippen molar-refractivity contribution >= 4 is 27.7 Å². The number of benzene rings is 2. The van der Waals surface area contributed by atoms with E-state index in [0.717, 1.165) is 29.8 Å². The lowest BCUT2D eigenvalue weighted by molar-refractivity contribution is -0.118. The van der Waals surface area contributed by atoms with Gasteiger partial charge in [0.2, 0.25) is 11.7 Å². The van der Waals surface area contributed by atoms with Crippen LogP contribution in [0.4, 0.5) is 5.82 Å². The molecule has 3 N–H and O–H groups in total. The van der Waals surface area contributed by atoms with E-state index in [1.165, 1.54) is 5.56 Å². The minimum atomic E-state index is -0.716. The third-order valence-electron chi connectivity index (χ3n) is 5.33. The minimum Gasteiger partial charge on any atom is -0.369 e. The monoisotopic (exact) mass is 505 g/mol. The zero-order valence-corrected chi connectivity index (χ0v) is 19.7. The molecule has 1 amide bonds. The van der Waals surface area contributed by atoms with Gasteiger partial charge in [-0.15, -0.1) is 10.2 Å². The summed E-state index contributed by atoms with van der Waals surface area (Å²) in [4.78, 5) is 19.6. The first-order valence-corrected chi connectivity index (χ1v) is 11.4. The molecule has 0 aliphatic carbocycles. The van der Waals surface area contributed by atoms with Crippen molar-refractivity contribution in [1.82, 2.24) is 25.6 Å². The van der Waals surface area contributed by atoms with E-state index in [-0.39, 0.29) is 0 Å². The van der Waals surface area contributed by atoms with E-state index in [4.69, 9.17) is 10.7 Å². The van der Waals surface area contributed by atoms with Gasteiger partial charge in [0.25, 0.3) is 0 Å². The average Bonchev–Trinajstić information content (AvgIpc) is 3.35. The molecule has 33 heavy (non-hydrogen) atoms. The van der Waals surface area contributed by atoms with Crippen molar-refractivity contribution in [2.75, 3.05) is 11.4 Å². The Hall–Kier alpha value is -3.59. The number of pyridine rings is 1. The minimum absolute atomic E-state index is 0.400. The third-order valence-corrected chi connectivity index (χ3v) is 5.91. The number of amides is 1. The molecule has 0 bridgehead atoms. The van der Waals surface area contributed by atoms with E-state index in [2.05, 4.69) is 60.5 Å². The number of hydrogen-bond donors (Lipinski definition) is 2. The Morgan fingerprint density at radius 2 is 1.91 bits per heavy atom. The first-order valence-electron chi connectivity index (χ1n) is 10.6. The molecule has 0 saturated heterocycles. The van der Waals surface area contributed by atoms with Gasteiger partial charge >= 0.3 is 0 Å². The lowest BCUT2D eigenvalue weighted by Gasteiger charge is -2.25. The van der Waals surface area contributed by atoms with Crippen LogP contribution in [0.1, 0.15) is 36.0 Å². The predicted octanol–water partition coefficient (Wildman–Crippen LogP) is 4.06. The molecular weight excluding hydrogens is 482 g/mol. The van der Waals surface area contributed by atoms with E-state index >= 15 is 0 Å². The van der Waals surface area contributed by atoms with Crippen LogP contribution in [-0.4, -0.2) is 38.1 Å². The summed E-state index contributed by atoms with van der Waals surface area (Å²) in [7, 11) is 0. The summed E-state index contributed by atoms with van der Waals surface area (Å²) in [5.41, 5.74) is 9.13. The first kappa shape index (κ1) is 22.6. The Morgan fingerprint density at radius 1 is 1.15 bits per heavy atom. The standard InChI is InChI=1S/C24H24BrN7O/c1-2-12-32(15-16-8-4-3-5-9-16)24-20(25)13-17(14-27-24)21(22(26)33)18-10-6-7-11-19(18)23-28-30-31-29-23/h3-11,13-14,21H,2,12,15H2,1H3,(H2,26,33)(H,28,29,30,31). The van der Waals surface area contributed by atoms with E-state index in [9.17, 15) is 4.79 Å². The summed E-state index contributed by atoms with van der Waals surface area (Å²) in [6, 6.07) is 19.6. The van der Waals surface area contributed by atoms with Crippen LogP contribution in [0.25, 0.3) is 11.4 Å². The molecule has 8 nitrogen and oxygen atoms in total. The summed E-state index contributed by atoms with van der Waals surface area (Å²) < 4.78 is 0.799. The summed E-state index contributed by atoms with van der Waals surface area (Å²) in [5.74, 6) is 0.0185. The maximum Gasteiger partial charge on any atom is 0.229 e. The lowest BCUT2D eigenvalue weighted by Crippen LogP contribution is -2.26. The SMILES string of the molecule is CCCN(Cc1ccccc1)c1ncc(C(C(N)=O)c2ccccc2-c2nn[nH]n2)cc1Br. The van der Waals surface area contributed by atoms with Crippen LogP contribution in [-0.2, 0) is 11.3 Å². The zero-order valence-electron chi connectivity index (χ0n) is 18.1. The van der Waals surface area contributed by atoms with Crippen molar-refractivity contribution in [1.29, 1.82) is 0 Å². The average molecular weight is 506 g/mol. The van der Waals surface area contributed by atoms with Crippen molar-refractivity contribution < 1.29 is 4.79 Å². The van der Waals surface area contributed by atoms with Gasteiger partial charge in [0.05, 0.1) is 10.4 Å². The van der Waals surface area contributed by atoms with E-state index in [1.807, 2.05) is 48.5 Å². The number of nitrogens with one attached hydrogen (secondary N) is 1. The Labute approximate surface area is 200 Å². The fourth-order valence-electron chi connectivity index (χ4n) is 3.89. The van der Waals surface area contributed by atoms with E-state index in [0.29, 0.717) is 22.5 Å². The van der Waals surface area contributed by atoms with Gasteiger partial charge in [0, 0.05) is 24.8 Å². The number of hydrogen-bond acceptors (Lipinski definition) is 6. The number of carbonyl (C=O) groups is 1. The van der Waals surface area contributed by atoms with Crippen molar-refractivity contribution in [2.45, 2.75) is 25.8 Å². The summed E-state index contributed by atoms with van der Waals surface area (Å²) in [5, 5.41) is 14.2. The Kier molecular flexibility index (Phi) is 7.09. The number of primary amides is 1. The predicted molar refractivity (Wildman–Crippen MR) is 130 cm³/mol. The van der Waals surface area contributed by atoms with Crippen molar-refractivity contribution in [3.05, 3.63) is 88.0 Å². The fraction of sp³-hybridized carbons (Fsp3) is 0.208. The summed E-state index contributed by atoms with van der Waals surface area (Å²) in [6.07, 6.45) is 2.70. The Morgan fingerprint density at radius 3 is 2.58 bits per heavy atom. The molecule has 0 fully saturated rings. The highest BCUT2D eigenvalue weighted by Crippen LogP contribution is 2.35. The van der Waals surface area contributed by atoms with Crippen LogP contribution in [0.15, 0.2) is 71.3 Å². The number of rotatable bonds is 9. The molecule has 9 heteroatoms. The molecule has 2 heterocycles. The molecule has 0 aliphatic heterocycles. The maximum atomic E-state index is 12.6. The summed E-state index contributed by atoms with van der Waals surface area (Å²) >= 11 is 3.68. The Balaban J connectivity index is 1.71. The van der Waals surface area contributed by atoms with Crippen LogP contribution < -0.4 is 10.6 Å². The number of carbonyl (C=O) groups excluding carboxylic acids is 1. The normalized spacial score (nSPS) is 11.8. The second-order valence-corrected chi connectivity index (χ2v) is 8.49. The first-order chi connectivity index (χ1) is 16.1. The van der Waals surface area contributed by atoms with Crippen LogP contribution in [0, 0.1) is 0 Å². The van der Waals surface area contributed by atoms with E-state index < -0.39 is 11.8 Å². The molecule has 0 saturated carbocycles. The second kappa shape index (κ2) is 10.4.